The van der Waals surface area contributed by atoms with Crippen LogP contribution in [0.2, 0.25) is 0 Å². The van der Waals surface area contributed by atoms with Gasteiger partial charge in [-0.2, -0.15) is 0 Å². The van der Waals surface area contributed by atoms with Crippen molar-refractivity contribution in [2.24, 2.45) is 0 Å². The number of pyridine rings is 1. The Hall–Kier alpha value is -1.84. The molecule has 1 aromatic rings. The summed E-state index contributed by atoms with van der Waals surface area (Å²) in [5.41, 5.74) is 2.47. The number of rotatable bonds is 4. The minimum atomic E-state index is -1.02. The first-order valence-corrected chi connectivity index (χ1v) is 4.59. The van der Waals surface area contributed by atoms with Gasteiger partial charge in [0.1, 0.15) is 0 Å². The van der Waals surface area contributed by atoms with E-state index in [1.807, 2.05) is 6.92 Å². The highest BCUT2D eigenvalue weighted by molar-refractivity contribution is 5.86. The average Bonchev–Trinajstić information content (AvgIpc) is 2.13. The number of carboxylic acid groups (broad SMARTS) is 1. The highest BCUT2D eigenvalue weighted by Crippen LogP contribution is 2.11. The van der Waals surface area contributed by atoms with Gasteiger partial charge in [-0.3, -0.25) is 0 Å². The molecular formula is C11H14N2O2. The van der Waals surface area contributed by atoms with Gasteiger partial charge >= 0.3 is 5.97 Å². The smallest absolute Gasteiger partial charge is 0.354 e. The number of aryl methyl sites for hydroxylation is 1. The summed E-state index contributed by atoms with van der Waals surface area (Å²) >= 11 is 0. The van der Waals surface area contributed by atoms with Crippen molar-refractivity contribution in [3.63, 3.8) is 0 Å². The van der Waals surface area contributed by atoms with Crippen molar-refractivity contribution >= 4 is 11.7 Å². The molecule has 0 aliphatic carbocycles. The van der Waals surface area contributed by atoms with Gasteiger partial charge in [-0.05, 0) is 26.0 Å². The molecule has 80 valence electrons. The van der Waals surface area contributed by atoms with E-state index in [9.17, 15) is 4.79 Å². The molecule has 0 aliphatic heterocycles. The molecule has 0 amide bonds. The van der Waals surface area contributed by atoms with E-state index in [0.717, 1.165) is 11.3 Å². The SMILES string of the molecule is C=C(C)CNc1cc(C)nc(C(=O)O)c1. The molecule has 0 bridgehead atoms. The quantitative estimate of drug-likeness (QED) is 0.740. The molecular weight excluding hydrogens is 192 g/mol. The maximum atomic E-state index is 10.7. The first kappa shape index (κ1) is 11.2. The zero-order valence-corrected chi connectivity index (χ0v) is 8.87. The largest absolute Gasteiger partial charge is 0.477 e. The summed E-state index contributed by atoms with van der Waals surface area (Å²) in [6.45, 7) is 8.05. The van der Waals surface area contributed by atoms with E-state index in [4.69, 9.17) is 5.11 Å². The lowest BCUT2D eigenvalue weighted by Gasteiger charge is -2.07. The fraction of sp³-hybridized carbons (Fsp3) is 0.273. The van der Waals surface area contributed by atoms with Crippen molar-refractivity contribution in [1.82, 2.24) is 4.98 Å². The van der Waals surface area contributed by atoms with Gasteiger partial charge in [-0.1, -0.05) is 12.2 Å². The predicted molar refractivity (Wildman–Crippen MR) is 59.2 cm³/mol. The third-order valence-electron chi connectivity index (χ3n) is 1.77. The topological polar surface area (TPSA) is 62.2 Å². The molecule has 15 heavy (non-hydrogen) atoms. The molecule has 1 rings (SSSR count). The maximum Gasteiger partial charge on any atom is 0.354 e. The molecule has 0 aliphatic rings. The number of anilines is 1. The van der Waals surface area contributed by atoms with Gasteiger partial charge < -0.3 is 10.4 Å². The Morgan fingerprint density at radius 2 is 2.27 bits per heavy atom. The lowest BCUT2D eigenvalue weighted by Crippen LogP contribution is -2.06. The highest BCUT2D eigenvalue weighted by atomic mass is 16.4. The first-order chi connectivity index (χ1) is 6.99. The van der Waals surface area contributed by atoms with E-state index < -0.39 is 5.97 Å². The fourth-order valence-electron chi connectivity index (χ4n) is 1.13. The van der Waals surface area contributed by atoms with Crippen LogP contribution in [0.25, 0.3) is 0 Å². The molecule has 0 fully saturated rings. The highest BCUT2D eigenvalue weighted by Gasteiger charge is 2.06. The second kappa shape index (κ2) is 4.59. The second-order valence-corrected chi connectivity index (χ2v) is 3.50. The molecule has 1 heterocycles. The van der Waals surface area contributed by atoms with Gasteiger partial charge in [0, 0.05) is 17.9 Å². The van der Waals surface area contributed by atoms with Crippen LogP contribution in [0.3, 0.4) is 0 Å². The number of aromatic carboxylic acids is 1. The van der Waals surface area contributed by atoms with E-state index in [1.54, 1.807) is 13.0 Å². The summed E-state index contributed by atoms with van der Waals surface area (Å²) in [5.74, 6) is -1.02. The number of hydrogen-bond donors (Lipinski definition) is 2. The van der Waals surface area contributed by atoms with Gasteiger partial charge in [-0.25, -0.2) is 9.78 Å². The molecule has 0 radical (unpaired) electrons. The Labute approximate surface area is 88.7 Å². The van der Waals surface area contributed by atoms with E-state index in [1.165, 1.54) is 6.07 Å². The average molecular weight is 206 g/mol. The van der Waals surface area contributed by atoms with Gasteiger partial charge in [0.05, 0.1) is 0 Å². The predicted octanol–water partition coefficient (Wildman–Crippen LogP) is 2.08. The number of aromatic nitrogens is 1. The third-order valence-corrected chi connectivity index (χ3v) is 1.77. The van der Waals surface area contributed by atoms with Crippen molar-refractivity contribution in [2.45, 2.75) is 13.8 Å². The summed E-state index contributed by atoms with van der Waals surface area (Å²) in [6.07, 6.45) is 0. The molecule has 0 atom stereocenters. The number of nitrogens with one attached hydrogen (secondary N) is 1. The van der Waals surface area contributed by atoms with Crippen LogP contribution < -0.4 is 5.32 Å². The molecule has 0 unspecified atom stereocenters. The molecule has 0 saturated carbocycles. The molecule has 2 N–H and O–H groups in total. The van der Waals surface area contributed by atoms with Gasteiger partial charge in [-0.15, -0.1) is 0 Å². The van der Waals surface area contributed by atoms with Crippen LogP contribution in [0, 0.1) is 6.92 Å². The summed E-state index contributed by atoms with van der Waals surface area (Å²) in [6, 6.07) is 3.31. The van der Waals surface area contributed by atoms with Gasteiger partial charge in [0.2, 0.25) is 0 Å². The van der Waals surface area contributed by atoms with Crippen LogP contribution in [0.1, 0.15) is 23.1 Å². The fourth-order valence-corrected chi connectivity index (χ4v) is 1.13. The Kier molecular flexibility index (Phi) is 3.44. The van der Waals surface area contributed by atoms with Crippen LogP contribution in [-0.2, 0) is 0 Å². The van der Waals surface area contributed by atoms with Crippen LogP contribution in [0.5, 0.6) is 0 Å². The van der Waals surface area contributed by atoms with Gasteiger partial charge in [0.25, 0.3) is 0 Å². The van der Waals surface area contributed by atoms with Crippen molar-refractivity contribution in [2.75, 3.05) is 11.9 Å². The summed E-state index contributed by atoms with van der Waals surface area (Å²) < 4.78 is 0. The molecule has 1 aromatic heterocycles. The van der Waals surface area contributed by atoms with Gasteiger partial charge in [0.15, 0.2) is 5.69 Å². The van der Waals surface area contributed by atoms with Crippen LogP contribution in [0.4, 0.5) is 5.69 Å². The zero-order chi connectivity index (χ0) is 11.4. The van der Waals surface area contributed by atoms with E-state index >= 15 is 0 Å². The summed E-state index contributed by atoms with van der Waals surface area (Å²) in [5, 5.41) is 11.9. The van der Waals surface area contributed by atoms with Crippen molar-refractivity contribution in [3.8, 4) is 0 Å². The Balaban J connectivity index is 2.88. The first-order valence-electron chi connectivity index (χ1n) is 4.59. The summed E-state index contributed by atoms with van der Waals surface area (Å²) in [4.78, 5) is 14.6. The molecule has 0 aromatic carbocycles. The van der Waals surface area contributed by atoms with Crippen LogP contribution >= 0.6 is 0 Å². The van der Waals surface area contributed by atoms with E-state index in [0.29, 0.717) is 12.2 Å². The van der Waals surface area contributed by atoms with E-state index in [-0.39, 0.29) is 5.69 Å². The maximum absolute atomic E-state index is 10.7. The zero-order valence-electron chi connectivity index (χ0n) is 8.87. The van der Waals surface area contributed by atoms with Crippen LogP contribution in [0.15, 0.2) is 24.3 Å². The van der Waals surface area contributed by atoms with Crippen molar-refractivity contribution in [3.05, 3.63) is 35.7 Å². The summed E-state index contributed by atoms with van der Waals surface area (Å²) in [7, 11) is 0. The minimum Gasteiger partial charge on any atom is -0.477 e. The minimum absolute atomic E-state index is 0.0548. The molecule has 4 nitrogen and oxygen atoms in total. The number of hydrogen-bond acceptors (Lipinski definition) is 3. The van der Waals surface area contributed by atoms with E-state index in [2.05, 4.69) is 16.9 Å². The Morgan fingerprint density at radius 3 is 2.80 bits per heavy atom. The Morgan fingerprint density at radius 1 is 1.60 bits per heavy atom. The standard InChI is InChI=1S/C11H14N2O2/c1-7(2)6-12-9-4-8(3)13-10(5-9)11(14)15/h4-5H,1,6H2,2-3H3,(H,12,13)(H,14,15). The third kappa shape index (κ3) is 3.42. The Bertz CT molecular complexity index is 400. The van der Waals surface area contributed by atoms with Crippen molar-refractivity contribution < 1.29 is 9.90 Å². The number of carbonyl (C=O) groups is 1. The van der Waals surface area contributed by atoms with Crippen molar-refractivity contribution in [1.29, 1.82) is 0 Å². The number of carboxylic acids is 1. The molecule has 0 spiro atoms. The number of nitrogens with zero attached hydrogens (tertiary/aromatic N) is 1. The lowest BCUT2D eigenvalue weighted by molar-refractivity contribution is 0.0690. The molecule has 0 saturated heterocycles. The lowest BCUT2D eigenvalue weighted by atomic mass is 10.2. The normalized spacial score (nSPS) is 9.73. The monoisotopic (exact) mass is 206 g/mol. The van der Waals surface area contributed by atoms with Crippen LogP contribution in [-0.4, -0.2) is 22.6 Å². The molecule has 4 heteroatoms. The second-order valence-electron chi connectivity index (χ2n) is 3.50.